The fourth-order valence-corrected chi connectivity index (χ4v) is 3.24. The predicted octanol–water partition coefficient (Wildman–Crippen LogP) is 0.954. The van der Waals surface area contributed by atoms with E-state index >= 15 is 0 Å². The Labute approximate surface area is 103 Å². The lowest BCUT2D eigenvalue weighted by molar-refractivity contribution is -0.127. The molecule has 4 heteroatoms. The van der Waals surface area contributed by atoms with E-state index in [1.807, 2.05) is 0 Å². The van der Waals surface area contributed by atoms with E-state index in [1.165, 1.54) is 32.6 Å². The summed E-state index contributed by atoms with van der Waals surface area (Å²) in [5.74, 6) is 0.411. The molecule has 0 aromatic rings. The molecule has 17 heavy (non-hydrogen) atoms. The molecule has 0 aromatic carbocycles. The van der Waals surface area contributed by atoms with Gasteiger partial charge in [0.2, 0.25) is 5.91 Å². The van der Waals surface area contributed by atoms with Gasteiger partial charge in [-0.3, -0.25) is 9.59 Å². The van der Waals surface area contributed by atoms with E-state index in [0.29, 0.717) is 18.0 Å². The Morgan fingerprint density at radius 3 is 2.35 bits per heavy atom. The average molecular weight is 238 g/mol. The number of carbonyl (C=O) groups excluding carboxylic acids is 2. The van der Waals surface area contributed by atoms with Gasteiger partial charge in [0.1, 0.15) is 5.78 Å². The van der Waals surface area contributed by atoms with Crippen LogP contribution >= 0.6 is 0 Å². The summed E-state index contributed by atoms with van der Waals surface area (Å²) in [6, 6.07) is 1.42. The first kappa shape index (κ1) is 12.6. The zero-order chi connectivity index (χ0) is 12.4. The molecule has 0 radical (unpaired) electrons. The standard InChI is InChI=1S/C13H22N2O2/c1-9(16)5-13(17)14-8-10-6-11-3-4-12(7-10)15(11)2/h10-12H,3-8H2,1-2H3,(H,14,17). The summed E-state index contributed by atoms with van der Waals surface area (Å²) < 4.78 is 0. The van der Waals surface area contributed by atoms with Crippen molar-refractivity contribution in [1.29, 1.82) is 0 Å². The monoisotopic (exact) mass is 238 g/mol. The highest BCUT2D eigenvalue weighted by atomic mass is 16.2. The highest BCUT2D eigenvalue weighted by molar-refractivity contribution is 5.96. The Morgan fingerprint density at radius 2 is 1.82 bits per heavy atom. The van der Waals surface area contributed by atoms with E-state index < -0.39 is 0 Å². The van der Waals surface area contributed by atoms with Crippen molar-refractivity contribution < 1.29 is 9.59 Å². The number of nitrogens with zero attached hydrogens (tertiary/aromatic N) is 1. The molecular weight excluding hydrogens is 216 g/mol. The summed E-state index contributed by atoms with van der Waals surface area (Å²) in [6.45, 7) is 2.20. The topological polar surface area (TPSA) is 49.4 Å². The van der Waals surface area contributed by atoms with Crippen LogP contribution in [0.3, 0.4) is 0 Å². The van der Waals surface area contributed by atoms with Crippen molar-refractivity contribution in [3.63, 3.8) is 0 Å². The molecule has 0 saturated carbocycles. The first-order valence-electron chi connectivity index (χ1n) is 6.54. The van der Waals surface area contributed by atoms with Crippen molar-refractivity contribution in [2.45, 2.75) is 51.1 Å². The second-order valence-electron chi connectivity index (χ2n) is 5.57. The molecule has 2 fully saturated rings. The number of Topliss-reactive ketones (excluding diaryl/α,β-unsaturated/α-hetero) is 1. The Kier molecular flexibility index (Phi) is 3.82. The van der Waals surface area contributed by atoms with Crippen LogP contribution < -0.4 is 5.32 Å². The van der Waals surface area contributed by atoms with Crippen LogP contribution in [0.15, 0.2) is 0 Å². The first-order chi connectivity index (χ1) is 8.06. The van der Waals surface area contributed by atoms with E-state index in [4.69, 9.17) is 0 Å². The van der Waals surface area contributed by atoms with E-state index in [-0.39, 0.29) is 18.1 Å². The number of piperidine rings is 1. The maximum atomic E-state index is 11.4. The molecule has 2 aliphatic rings. The van der Waals surface area contributed by atoms with Crippen molar-refractivity contribution in [2.75, 3.05) is 13.6 Å². The van der Waals surface area contributed by atoms with Gasteiger partial charge in [0, 0.05) is 18.6 Å². The van der Waals surface area contributed by atoms with Crippen molar-refractivity contribution in [3.8, 4) is 0 Å². The molecule has 2 unspecified atom stereocenters. The molecule has 2 aliphatic heterocycles. The average Bonchev–Trinajstić information content (AvgIpc) is 2.51. The summed E-state index contributed by atoms with van der Waals surface area (Å²) >= 11 is 0. The van der Waals surface area contributed by atoms with Gasteiger partial charge in [-0.1, -0.05) is 0 Å². The Bertz CT molecular complexity index is 303. The quantitative estimate of drug-likeness (QED) is 0.742. The molecule has 4 nitrogen and oxygen atoms in total. The highest BCUT2D eigenvalue weighted by Gasteiger charge is 2.38. The summed E-state index contributed by atoms with van der Waals surface area (Å²) in [4.78, 5) is 24.7. The van der Waals surface area contributed by atoms with E-state index in [1.54, 1.807) is 0 Å². The summed E-state index contributed by atoms with van der Waals surface area (Å²) in [5.41, 5.74) is 0. The molecule has 2 bridgehead atoms. The summed E-state index contributed by atoms with van der Waals surface area (Å²) in [6.07, 6.45) is 5.01. The minimum absolute atomic E-state index is 0.0273. The third kappa shape index (κ3) is 3.06. The van der Waals surface area contributed by atoms with Crippen LogP contribution in [0.1, 0.15) is 39.0 Å². The molecule has 1 N–H and O–H groups in total. The van der Waals surface area contributed by atoms with Crippen molar-refractivity contribution in [3.05, 3.63) is 0 Å². The van der Waals surface area contributed by atoms with Crippen molar-refractivity contribution in [1.82, 2.24) is 10.2 Å². The Morgan fingerprint density at radius 1 is 1.24 bits per heavy atom. The molecule has 2 atom stereocenters. The van der Waals surface area contributed by atoms with Crippen LogP contribution in [0, 0.1) is 5.92 Å². The molecule has 0 spiro atoms. The minimum Gasteiger partial charge on any atom is -0.355 e. The zero-order valence-electron chi connectivity index (χ0n) is 10.7. The molecular formula is C13H22N2O2. The fraction of sp³-hybridized carbons (Fsp3) is 0.846. The normalized spacial score (nSPS) is 32.5. The van der Waals surface area contributed by atoms with Gasteiger partial charge in [-0.05, 0) is 45.6 Å². The van der Waals surface area contributed by atoms with Gasteiger partial charge in [-0.15, -0.1) is 0 Å². The van der Waals surface area contributed by atoms with Crippen LogP contribution in [0.4, 0.5) is 0 Å². The zero-order valence-corrected chi connectivity index (χ0v) is 10.7. The molecule has 2 saturated heterocycles. The van der Waals surface area contributed by atoms with Gasteiger partial charge in [-0.25, -0.2) is 0 Å². The molecule has 0 aromatic heterocycles. The lowest BCUT2D eigenvalue weighted by Crippen LogP contribution is -2.43. The predicted molar refractivity (Wildman–Crippen MR) is 65.6 cm³/mol. The van der Waals surface area contributed by atoms with E-state index in [2.05, 4.69) is 17.3 Å². The third-order valence-corrected chi connectivity index (χ3v) is 4.19. The SMILES string of the molecule is CC(=O)CC(=O)NCC1CC2CCC(C1)N2C. The second kappa shape index (κ2) is 5.17. The molecule has 0 aliphatic carbocycles. The summed E-state index contributed by atoms with van der Waals surface area (Å²) in [5, 5.41) is 2.89. The number of hydrogen-bond acceptors (Lipinski definition) is 3. The fourth-order valence-electron chi connectivity index (χ4n) is 3.24. The lowest BCUT2D eigenvalue weighted by Gasteiger charge is -2.36. The number of carbonyl (C=O) groups is 2. The van der Waals surface area contributed by atoms with Gasteiger partial charge in [0.25, 0.3) is 0 Å². The van der Waals surface area contributed by atoms with Crippen LogP contribution in [0.25, 0.3) is 0 Å². The second-order valence-corrected chi connectivity index (χ2v) is 5.57. The minimum atomic E-state index is -0.122. The number of hydrogen-bond donors (Lipinski definition) is 1. The van der Waals surface area contributed by atoms with Gasteiger partial charge in [-0.2, -0.15) is 0 Å². The number of rotatable bonds is 4. The summed E-state index contributed by atoms with van der Waals surface area (Å²) in [7, 11) is 2.22. The molecule has 2 rings (SSSR count). The van der Waals surface area contributed by atoms with Gasteiger partial charge < -0.3 is 10.2 Å². The largest absolute Gasteiger partial charge is 0.355 e. The Hall–Kier alpha value is -0.900. The van der Waals surface area contributed by atoms with Crippen LogP contribution in [0.5, 0.6) is 0 Å². The highest BCUT2D eigenvalue weighted by Crippen LogP contribution is 2.36. The van der Waals surface area contributed by atoms with Gasteiger partial charge in [0.15, 0.2) is 0 Å². The number of ketones is 1. The molecule has 2 heterocycles. The van der Waals surface area contributed by atoms with Crippen LogP contribution in [0.2, 0.25) is 0 Å². The first-order valence-corrected chi connectivity index (χ1v) is 6.54. The third-order valence-electron chi connectivity index (χ3n) is 4.19. The van der Waals surface area contributed by atoms with Crippen LogP contribution in [-0.2, 0) is 9.59 Å². The van der Waals surface area contributed by atoms with Crippen LogP contribution in [-0.4, -0.2) is 42.3 Å². The van der Waals surface area contributed by atoms with Gasteiger partial charge in [0.05, 0.1) is 6.42 Å². The van der Waals surface area contributed by atoms with E-state index in [9.17, 15) is 9.59 Å². The molecule has 96 valence electrons. The maximum Gasteiger partial charge on any atom is 0.227 e. The lowest BCUT2D eigenvalue weighted by atomic mass is 9.91. The van der Waals surface area contributed by atoms with Gasteiger partial charge >= 0.3 is 0 Å². The molecule has 1 amide bonds. The smallest absolute Gasteiger partial charge is 0.227 e. The van der Waals surface area contributed by atoms with Crippen molar-refractivity contribution >= 4 is 11.7 Å². The number of amides is 1. The number of nitrogens with one attached hydrogen (secondary N) is 1. The van der Waals surface area contributed by atoms with Crippen molar-refractivity contribution in [2.24, 2.45) is 5.92 Å². The maximum absolute atomic E-state index is 11.4. The van der Waals surface area contributed by atoms with E-state index in [0.717, 1.165) is 6.54 Å². The number of fused-ring (bicyclic) bond motifs is 2. The Balaban J connectivity index is 1.74.